The van der Waals surface area contributed by atoms with Gasteiger partial charge < -0.3 is 5.32 Å². The third-order valence-corrected chi connectivity index (χ3v) is 7.92. The maximum atomic E-state index is 13.3. The molecular formula is C24H30N6O3S. The summed E-state index contributed by atoms with van der Waals surface area (Å²) in [6, 6.07) is 13.6. The fourth-order valence-corrected chi connectivity index (χ4v) is 5.62. The van der Waals surface area contributed by atoms with Crippen LogP contribution in [0.15, 0.2) is 53.4 Å². The van der Waals surface area contributed by atoms with Gasteiger partial charge in [-0.05, 0) is 48.6 Å². The van der Waals surface area contributed by atoms with E-state index in [-0.39, 0.29) is 16.7 Å². The monoisotopic (exact) mass is 482 g/mol. The van der Waals surface area contributed by atoms with Crippen LogP contribution in [0, 0.1) is 12.8 Å². The largest absolute Gasteiger partial charge is 0.324 e. The Morgan fingerprint density at radius 2 is 1.74 bits per heavy atom. The number of amides is 1. The fourth-order valence-electron chi connectivity index (χ4n) is 4.08. The molecule has 1 N–H and O–H groups in total. The molecule has 1 unspecified atom stereocenters. The molecular weight excluding hydrogens is 452 g/mol. The number of aryl methyl sites for hydroxylation is 1. The van der Waals surface area contributed by atoms with Crippen molar-refractivity contribution in [3.05, 3.63) is 54.1 Å². The lowest BCUT2D eigenvalue weighted by Gasteiger charge is -2.26. The highest BCUT2D eigenvalue weighted by Gasteiger charge is 2.29. The third-order valence-electron chi connectivity index (χ3n) is 6.03. The molecule has 2 aromatic carbocycles. The Balaban J connectivity index is 1.58. The first-order valence-electron chi connectivity index (χ1n) is 11.5. The van der Waals surface area contributed by atoms with E-state index >= 15 is 0 Å². The number of carbonyl (C=O) groups is 1. The van der Waals surface area contributed by atoms with Crippen molar-refractivity contribution in [2.45, 2.75) is 51.0 Å². The molecule has 3 aromatic rings. The first kappa shape index (κ1) is 24.0. The lowest BCUT2D eigenvalue weighted by atomic mass is 10.0. The predicted molar refractivity (Wildman–Crippen MR) is 130 cm³/mol. The molecule has 1 atom stereocenters. The Labute approximate surface area is 200 Å². The Bertz CT molecular complexity index is 1250. The highest BCUT2D eigenvalue weighted by atomic mass is 32.2. The van der Waals surface area contributed by atoms with Crippen molar-refractivity contribution < 1.29 is 13.2 Å². The number of hydrogen-bond donors (Lipinski definition) is 1. The number of aromatic nitrogens is 4. The molecule has 1 saturated heterocycles. The molecule has 1 fully saturated rings. The molecule has 180 valence electrons. The molecule has 0 spiro atoms. The molecule has 4 rings (SSSR count). The molecule has 2 heterocycles. The average Bonchev–Trinajstić information content (AvgIpc) is 3.31. The maximum Gasteiger partial charge on any atom is 0.251 e. The zero-order valence-electron chi connectivity index (χ0n) is 19.7. The summed E-state index contributed by atoms with van der Waals surface area (Å²) in [6.45, 7) is 6.68. The van der Waals surface area contributed by atoms with Gasteiger partial charge in [0.1, 0.15) is 0 Å². The summed E-state index contributed by atoms with van der Waals surface area (Å²) in [4.78, 5) is 14.8. The van der Waals surface area contributed by atoms with Crippen LogP contribution in [0.25, 0.3) is 11.4 Å². The van der Waals surface area contributed by atoms with Gasteiger partial charge in [-0.2, -0.15) is 9.10 Å². The second-order valence-corrected chi connectivity index (χ2v) is 10.9. The standard InChI is InChI=1S/C24H30N6O3S/c1-17(2)22(30-27-23(26-28-30)19-10-6-4-7-11-19)24(31)25-21-16-20(13-12-18(21)3)34(32,33)29-14-8-5-9-15-29/h4,6-7,10-13,16-17,22H,5,8-9,14-15H2,1-3H3,(H,25,31). The number of sulfonamides is 1. The van der Waals surface area contributed by atoms with Crippen LogP contribution in [0.5, 0.6) is 0 Å². The van der Waals surface area contributed by atoms with Crippen molar-refractivity contribution in [1.82, 2.24) is 24.5 Å². The minimum atomic E-state index is -3.61. The van der Waals surface area contributed by atoms with Gasteiger partial charge in [-0.15, -0.1) is 10.2 Å². The zero-order chi connectivity index (χ0) is 24.3. The van der Waals surface area contributed by atoms with E-state index < -0.39 is 16.1 Å². The van der Waals surface area contributed by atoms with Crippen molar-refractivity contribution in [3.8, 4) is 11.4 Å². The van der Waals surface area contributed by atoms with E-state index in [0.29, 0.717) is 24.6 Å². The molecule has 1 aliphatic rings. The molecule has 0 radical (unpaired) electrons. The van der Waals surface area contributed by atoms with Gasteiger partial charge in [-0.25, -0.2) is 8.42 Å². The molecule has 1 amide bonds. The van der Waals surface area contributed by atoms with Gasteiger partial charge in [0, 0.05) is 24.3 Å². The quantitative estimate of drug-likeness (QED) is 0.550. The number of piperidine rings is 1. The van der Waals surface area contributed by atoms with Gasteiger partial charge in [0.05, 0.1) is 4.90 Å². The number of benzene rings is 2. The highest BCUT2D eigenvalue weighted by Crippen LogP contribution is 2.27. The van der Waals surface area contributed by atoms with Crippen LogP contribution < -0.4 is 5.32 Å². The van der Waals surface area contributed by atoms with Crippen molar-refractivity contribution in [2.24, 2.45) is 5.92 Å². The van der Waals surface area contributed by atoms with Gasteiger partial charge in [-0.1, -0.05) is 56.7 Å². The molecule has 1 aromatic heterocycles. The maximum absolute atomic E-state index is 13.3. The van der Waals surface area contributed by atoms with Crippen molar-refractivity contribution in [1.29, 1.82) is 0 Å². The number of nitrogens with zero attached hydrogens (tertiary/aromatic N) is 5. The summed E-state index contributed by atoms with van der Waals surface area (Å²) in [7, 11) is -3.61. The number of carbonyl (C=O) groups excluding carboxylic acids is 1. The summed E-state index contributed by atoms with van der Waals surface area (Å²) in [6.07, 6.45) is 2.77. The number of rotatable bonds is 7. The van der Waals surface area contributed by atoms with Gasteiger partial charge in [0.15, 0.2) is 6.04 Å². The van der Waals surface area contributed by atoms with E-state index in [4.69, 9.17) is 0 Å². The first-order chi connectivity index (χ1) is 16.3. The smallest absolute Gasteiger partial charge is 0.251 e. The highest BCUT2D eigenvalue weighted by molar-refractivity contribution is 7.89. The molecule has 9 nitrogen and oxygen atoms in total. The number of tetrazole rings is 1. The summed E-state index contributed by atoms with van der Waals surface area (Å²) in [5.41, 5.74) is 2.03. The van der Waals surface area contributed by atoms with Gasteiger partial charge in [0.2, 0.25) is 15.8 Å². The Hall–Kier alpha value is -3.11. The van der Waals surface area contributed by atoms with E-state index in [1.165, 1.54) is 9.10 Å². The minimum Gasteiger partial charge on any atom is -0.324 e. The minimum absolute atomic E-state index is 0.126. The van der Waals surface area contributed by atoms with E-state index in [0.717, 1.165) is 30.4 Å². The van der Waals surface area contributed by atoms with Crippen LogP contribution in [-0.4, -0.2) is 51.9 Å². The van der Waals surface area contributed by atoms with Crippen LogP contribution in [0.4, 0.5) is 5.69 Å². The lowest BCUT2D eigenvalue weighted by molar-refractivity contribution is -0.121. The topological polar surface area (TPSA) is 110 Å². The van der Waals surface area contributed by atoms with Crippen LogP contribution in [0.3, 0.4) is 0 Å². The summed E-state index contributed by atoms with van der Waals surface area (Å²) in [5.74, 6) is -0.0223. The van der Waals surface area contributed by atoms with Crippen molar-refractivity contribution in [2.75, 3.05) is 18.4 Å². The zero-order valence-corrected chi connectivity index (χ0v) is 20.5. The molecule has 10 heteroatoms. The normalized spacial score (nSPS) is 15.9. The first-order valence-corrected chi connectivity index (χ1v) is 13.0. The lowest BCUT2D eigenvalue weighted by Crippen LogP contribution is -2.35. The van der Waals surface area contributed by atoms with E-state index in [1.54, 1.807) is 18.2 Å². The Kier molecular flexibility index (Phi) is 7.08. The predicted octanol–water partition coefficient (Wildman–Crippen LogP) is 3.66. The Morgan fingerprint density at radius 3 is 2.41 bits per heavy atom. The second kappa shape index (κ2) is 10.0. The average molecular weight is 483 g/mol. The molecule has 1 aliphatic heterocycles. The van der Waals surface area contributed by atoms with Gasteiger partial charge >= 0.3 is 0 Å². The van der Waals surface area contributed by atoms with Crippen molar-refractivity contribution >= 4 is 21.6 Å². The van der Waals surface area contributed by atoms with Gasteiger partial charge in [-0.3, -0.25) is 4.79 Å². The second-order valence-electron chi connectivity index (χ2n) is 8.92. The van der Waals surface area contributed by atoms with Crippen LogP contribution >= 0.6 is 0 Å². The molecule has 0 saturated carbocycles. The summed E-state index contributed by atoms with van der Waals surface area (Å²) < 4.78 is 27.8. The Morgan fingerprint density at radius 1 is 1.03 bits per heavy atom. The number of anilines is 1. The molecule has 34 heavy (non-hydrogen) atoms. The van der Waals surface area contributed by atoms with Crippen LogP contribution in [-0.2, 0) is 14.8 Å². The third kappa shape index (κ3) is 5.02. The summed E-state index contributed by atoms with van der Waals surface area (Å²) >= 11 is 0. The molecule has 0 bridgehead atoms. The SMILES string of the molecule is Cc1ccc(S(=O)(=O)N2CCCCC2)cc1NC(=O)C(C(C)C)n1nnc(-c2ccccc2)n1. The van der Waals surface area contributed by atoms with E-state index in [1.807, 2.05) is 51.1 Å². The van der Waals surface area contributed by atoms with E-state index in [2.05, 4.69) is 20.7 Å². The number of nitrogens with one attached hydrogen (secondary N) is 1. The van der Waals surface area contributed by atoms with Gasteiger partial charge in [0.25, 0.3) is 5.91 Å². The number of hydrogen-bond acceptors (Lipinski definition) is 6. The molecule has 0 aliphatic carbocycles. The van der Waals surface area contributed by atoms with Crippen LogP contribution in [0.1, 0.15) is 44.7 Å². The van der Waals surface area contributed by atoms with Crippen molar-refractivity contribution in [3.63, 3.8) is 0 Å². The van der Waals surface area contributed by atoms with E-state index in [9.17, 15) is 13.2 Å². The van der Waals surface area contributed by atoms with Crippen LogP contribution in [0.2, 0.25) is 0 Å². The summed E-state index contributed by atoms with van der Waals surface area (Å²) in [5, 5.41) is 15.6. The fraction of sp³-hybridized carbons (Fsp3) is 0.417.